The Hall–Kier alpha value is -2.67. The van der Waals surface area contributed by atoms with Gasteiger partial charge in [-0.25, -0.2) is 0 Å². The number of nitro groups is 1. The lowest BCUT2D eigenvalue weighted by Gasteiger charge is -1.97. The number of benzene rings is 1. The molecule has 98 valence electrons. The van der Waals surface area contributed by atoms with Crippen molar-refractivity contribution in [3.05, 3.63) is 58.8 Å². The monoisotopic (exact) mass is 284 g/mol. The molecule has 6 nitrogen and oxygen atoms in total. The molecule has 0 amide bonds. The third-order valence-corrected chi connectivity index (χ3v) is 3.62. The second kappa shape index (κ2) is 5.14. The summed E-state index contributed by atoms with van der Waals surface area (Å²) in [4.78, 5) is 14.8. The summed E-state index contributed by atoms with van der Waals surface area (Å²) in [7, 11) is 0. The average Bonchev–Trinajstić information content (AvgIpc) is 2.98. The number of pyridine rings is 1. The molecule has 2 aromatic heterocycles. The van der Waals surface area contributed by atoms with Crippen molar-refractivity contribution in [2.75, 3.05) is 0 Å². The Morgan fingerprint density at radius 3 is 2.50 bits per heavy atom. The van der Waals surface area contributed by atoms with Gasteiger partial charge in [0.15, 0.2) is 10.0 Å². The van der Waals surface area contributed by atoms with E-state index in [9.17, 15) is 10.1 Å². The molecule has 1 aromatic carbocycles. The van der Waals surface area contributed by atoms with Gasteiger partial charge in [-0.2, -0.15) is 0 Å². The zero-order chi connectivity index (χ0) is 13.9. The van der Waals surface area contributed by atoms with Crippen LogP contribution in [0.15, 0.2) is 48.7 Å². The summed E-state index contributed by atoms with van der Waals surface area (Å²) in [5.74, 6) is 0. The summed E-state index contributed by atoms with van der Waals surface area (Å²) in [6, 6.07) is 12.0. The van der Waals surface area contributed by atoms with Crippen LogP contribution in [0.3, 0.4) is 0 Å². The molecule has 0 aliphatic carbocycles. The predicted molar refractivity (Wildman–Crippen MR) is 75.2 cm³/mol. The Kier molecular flexibility index (Phi) is 3.18. The molecule has 0 saturated heterocycles. The highest BCUT2D eigenvalue weighted by atomic mass is 32.1. The number of para-hydroxylation sites is 1. The topological polar surface area (TPSA) is 81.8 Å². The maximum Gasteiger partial charge on any atom is 0.279 e. The van der Waals surface area contributed by atoms with E-state index in [1.807, 2.05) is 18.2 Å². The van der Waals surface area contributed by atoms with Crippen LogP contribution < -0.4 is 0 Å². The van der Waals surface area contributed by atoms with E-state index >= 15 is 0 Å². The first kappa shape index (κ1) is 12.4. The molecule has 0 spiro atoms. The van der Waals surface area contributed by atoms with E-state index in [2.05, 4.69) is 15.2 Å². The van der Waals surface area contributed by atoms with Gasteiger partial charge in [0.2, 0.25) is 0 Å². The van der Waals surface area contributed by atoms with Gasteiger partial charge in [0.25, 0.3) is 5.69 Å². The summed E-state index contributed by atoms with van der Waals surface area (Å²) < 4.78 is 0. The van der Waals surface area contributed by atoms with Crippen LogP contribution in [-0.4, -0.2) is 20.1 Å². The van der Waals surface area contributed by atoms with Crippen molar-refractivity contribution >= 4 is 17.0 Å². The second-order valence-corrected chi connectivity index (χ2v) is 4.88. The lowest BCUT2D eigenvalue weighted by Crippen LogP contribution is -1.90. The van der Waals surface area contributed by atoms with Crippen LogP contribution in [-0.2, 0) is 0 Å². The number of nitrogens with zero attached hydrogens (tertiary/aromatic N) is 4. The van der Waals surface area contributed by atoms with Gasteiger partial charge in [-0.1, -0.05) is 29.5 Å². The molecule has 0 aliphatic rings. The summed E-state index contributed by atoms with van der Waals surface area (Å²) >= 11 is 1.28. The van der Waals surface area contributed by atoms with Crippen molar-refractivity contribution in [3.8, 4) is 21.3 Å². The molecule has 0 atom stereocenters. The van der Waals surface area contributed by atoms with Gasteiger partial charge in [-0.05, 0) is 18.2 Å². The van der Waals surface area contributed by atoms with Crippen LogP contribution >= 0.6 is 11.3 Å². The van der Waals surface area contributed by atoms with Gasteiger partial charge in [0, 0.05) is 12.3 Å². The van der Waals surface area contributed by atoms with Crippen LogP contribution in [0.5, 0.6) is 0 Å². The highest BCUT2D eigenvalue weighted by molar-refractivity contribution is 7.17. The van der Waals surface area contributed by atoms with E-state index in [4.69, 9.17) is 0 Å². The molecule has 0 N–H and O–H groups in total. The number of aromatic nitrogens is 3. The van der Waals surface area contributed by atoms with Gasteiger partial charge in [0.1, 0.15) is 5.69 Å². The molecule has 0 fully saturated rings. The average molecular weight is 284 g/mol. The van der Waals surface area contributed by atoms with Crippen LogP contribution in [0.4, 0.5) is 5.69 Å². The highest BCUT2D eigenvalue weighted by Crippen LogP contribution is 2.34. The van der Waals surface area contributed by atoms with E-state index in [-0.39, 0.29) is 5.69 Å². The lowest BCUT2D eigenvalue weighted by molar-refractivity contribution is -0.384. The summed E-state index contributed by atoms with van der Waals surface area (Å²) in [5, 5.41) is 20.2. The number of hydrogen-bond acceptors (Lipinski definition) is 6. The largest absolute Gasteiger partial charge is 0.279 e. The standard InChI is InChI=1S/C13H8N4O2S/c18-17(19)11-7-2-1-5-9(11)12-15-16-13(20-12)10-6-3-4-8-14-10/h1-8H. The Balaban J connectivity index is 2.05. The fraction of sp³-hybridized carbons (Fsp3) is 0. The molecule has 0 bridgehead atoms. The normalized spacial score (nSPS) is 10.4. The first-order valence-corrected chi connectivity index (χ1v) is 6.56. The predicted octanol–water partition coefficient (Wildman–Crippen LogP) is 3.18. The Bertz CT molecular complexity index is 758. The third kappa shape index (κ3) is 2.26. The lowest BCUT2D eigenvalue weighted by atomic mass is 10.2. The Morgan fingerprint density at radius 1 is 1.00 bits per heavy atom. The van der Waals surface area contributed by atoms with Crippen molar-refractivity contribution in [2.24, 2.45) is 0 Å². The van der Waals surface area contributed by atoms with Crippen LogP contribution in [0, 0.1) is 10.1 Å². The molecule has 3 aromatic rings. The minimum absolute atomic E-state index is 0.0243. The zero-order valence-electron chi connectivity index (χ0n) is 10.1. The third-order valence-electron chi connectivity index (χ3n) is 2.64. The van der Waals surface area contributed by atoms with Gasteiger partial charge in [0.05, 0.1) is 10.5 Å². The molecule has 0 radical (unpaired) electrons. The molecule has 0 unspecified atom stereocenters. The van der Waals surface area contributed by atoms with Crippen molar-refractivity contribution in [1.29, 1.82) is 0 Å². The van der Waals surface area contributed by atoms with Crippen molar-refractivity contribution < 1.29 is 4.92 Å². The summed E-state index contributed by atoms with van der Waals surface area (Å²) in [5.41, 5.74) is 1.20. The smallest absolute Gasteiger partial charge is 0.258 e. The maximum absolute atomic E-state index is 11.0. The highest BCUT2D eigenvalue weighted by Gasteiger charge is 2.18. The number of nitro benzene ring substituents is 1. The molecule has 0 saturated carbocycles. The first-order valence-electron chi connectivity index (χ1n) is 5.74. The summed E-state index contributed by atoms with van der Waals surface area (Å²) in [6.07, 6.45) is 1.67. The van der Waals surface area contributed by atoms with E-state index in [1.165, 1.54) is 17.4 Å². The Labute approximate surface area is 117 Å². The fourth-order valence-electron chi connectivity index (χ4n) is 1.74. The molecular weight excluding hydrogens is 276 g/mol. The maximum atomic E-state index is 11.0. The second-order valence-electron chi connectivity index (χ2n) is 3.90. The summed E-state index contributed by atoms with van der Waals surface area (Å²) in [6.45, 7) is 0. The van der Waals surface area contributed by atoms with Crippen molar-refractivity contribution in [3.63, 3.8) is 0 Å². The van der Waals surface area contributed by atoms with Gasteiger partial charge in [-0.3, -0.25) is 15.1 Å². The quantitative estimate of drug-likeness (QED) is 0.545. The zero-order valence-corrected chi connectivity index (χ0v) is 10.9. The van der Waals surface area contributed by atoms with Gasteiger partial charge < -0.3 is 0 Å². The fourth-order valence-corrected chi connectivity index (χ4v) is 2.59. The van der Waals surface area contributed by atoms with E-state index in [1.54, 1.807) is 24.4 Å². The van der Waals surface area contributed by atoms with Crippen LogP contribution in [0.1, 0.15) is 0 Å². The minimum Gasteiger partial charge on any atom is -0.258 e. The van der Waals surface area contributed by atoms with Crippen molar-refractivity contribution in [2.45, 2.75) is 0 Å². The number of rotatable bonds is 3. The molecule has 3 rings (SSSR count). The van der Waals surface area contributed by atoms with Crippen LogP contribution in [0.2, 0.25) is 0 Å². The number of hydrogen-bond donors (Lipinski definition) is 0. The molecule has 20 heavy (non-hydrogen) atoms. The van der Waals surface area contributed by atoms with E-state index in [0.29, 0.717) is 21.3 Å². The van der Waals surface area contributed by atoms with Gasteiger partial charge >= 0.3 is 0 Å². The first-order chi connectivity index (χ1) is 9.75. The minimum atomic E-state index is -0.419. The van der Waals surface area contributed by atoms with Crippen LogP contribution in [0.25, 0.3) is 21.3 Å². The Morgan fingerprint density at radius 2 is 1.75 bits per heavy atom. The SMILES string of the molecule is O=[N+]([O-])c1ccccc1-c1nnc(-c2ccccn2)s1. The molecule has 0 aliphatic heterocycles. The van der Waals surface area contributed by atoms with E-state index in [0.717, 1.165) is 0 Å². The molecule has 7 heteroatoms. The molecular formula is C13H8N4O2S. The molecule has 2 heterocycles. The van der Waals surface area contributed by atoms with Gasteiger partial charge in [-0.15, -0.1) is 10.2 Å². The van der Waals surface area contributed by atoms with E-state index < -0.39 is 4.92 Å². The van der Waals surface area contributed by atoms with Crippen molar-refractivity contribution in [1.82, 2.24) is 15.2 Å².